The maximum Gasteiger partial charge on any atom is 0.272 e. The van der Waals surface area contributed by atoms with Crippen molar-refractivity contribution in [2.75, 3.05) is 18.6 Å². The summed E-state index contributed by atoms with van der Waals surface area (Å²) in [6.07, 6.45) is 3.20. The Balaban J connectivity index is 2.65. The molecule has 5 heteroatoms. The van der Waals surface area contributed by atoms with Gasteiger partial charge in [0.2, 0.25) is 0 Å². The second-order valence-electron chi connectivity index (χ2n) is 4.33. The molecule has 0 bridgehead atoms. The number of hydrogen-bond donors (Lipinski definition) is 1. The van der Waals surface area contributed by atoms with Gasteiger partial charge in [0.1, 0.15) is 0 Å². The molecule has 0 aliphatic carbocycles. The topological polar surface area (TPSA) is 55.2 Å². The highest BCUT2D eigenvalue weighted by molar-refractivity contribution is 7.98. The SMILES string of the molecule is CSCCCNC(C)c1ccc(C)c([N+](=O)[O-])c1. The van der Waals surface area contributed by atoms with Crippen LogP contribution >= 0.6 is 11.8 Å². The Kier molecular flexibility index (Phi) is 6.15. The normalized spacial score (nSPS) is 12.4. The molecule has 1 rings (SSSR count). The van der Waals surface area contributed by atoms with Crippen molar-refractivity contribution in [3.05, 3.63) is 39.4 Å². The van der Waals surface area contributed by atoms with Crippen molar-refractivity contribution >= 4 is 17.4 Å². The zero-order valence-electron chi connectivity index (χ0n) is 11.1. The molecule has 18 heavy (non-hydrogen) atoms. The third-order valence-electron chi connectivity index (χ3n) is 2.91. The molecular formula is C13H20N2O2S. The molecule has 0 aromatic heterocycles. The predicted molar refractivity (Wildman–Crippen MR) is 77.3 cm³/mol. The summed E-state index contributed by atoms with van der Waals surface area (Å²) in [6.45, 7) is 4.73. The molecular weight excluding hydrogens is 248 g/mol. The molecule has 0 amide bonds. The van der Waals surface area contributed by atoms with Gasteiger partial charge in [-0.2, -0.15) is 11.8 Å². The highest BCUT2D eigenvalue weighted by Gasteiger charge is 2.13. The summed E-state index contributed by atoms with van der Waals surface area (Å²) in [6, 6.07) is 5.58. The predicted octanol–water partition coefficient (Wildman–Crippen LogP) is 3.31. The zero-order valence-corrected chi connectivity index (χ0v) is 11.9. The largest absolute Gasteiger partial charge is 0.310 e. The number of nitro benzene ring substituents is 1. The first-order valence-corrected chi connectivity index (χ1v) is 7.43. The first-order chi connectivity index (χ1) is 8.56. The number of benzene rings is 1. The van der Waals surface area contributed by atoms with E-state index in [9.17, 15) is 10.1 Å². The fourth-order valence-electron chi connectivity index (χ4n) is 1.75. The van der Waals surface area contributed by atoms with Crippen LogP contribution in [0, 0.1) is 17.0 Å². The van der Waals surface area contributed by atoms with Crippen molar-refractivity contribution in [1.82, 2.24) is 5.32 Å². The highest BCUT2D eigenvalue weighted by Crippen LogP contribution is 2.23. The molecule has 0 spiro atoms. The summed E-state index contributed by atoms with van der Waals surface area (Å²) in [4.78, 5) is 10.6. The monoisotopic (exact) mass is 268 g/mol. The third kappa shape index (κ3) is 4.31. The second kappa shape index (κ2) is 7.38. The molecule has 1 atom stereocenters. The Morgan fingerprint density at radius 3 is 2.83 bits per heavy atom. The number of nitro groups is 1. The molecule has 0 saturated heterocycles. The van der Waals surface area contributed by atoms with E-state index < -0.39 is 0 Å². The van der Waals surface area contributed by atoms with E-state index in [-0.39, 0.29) is 16.7 Å². The Hall–Kier alpha value is -1.07. The van der Waals surface area contributed by atoms with Crippen LogP contribution in [0.2, 0.25) is 0 Å². The maximum atomic E-state index is 10.9. The minimum absolute atomic E-state index is 0.145. The lowest BCUT2D eigenvalue weighted by Gasteiger charge is -2.14. The van der Waals surface area contributed by atoms with Crippen molar-refractivity contribution < 1.29 is 4.92 Å². The standard InChI is InChI=1S/C13H20N2O2S/c1-10-5-6-12(9-13(10)15(16)17)11(2)14-7-4-8-18-3/h5-6,9,11,14H,4,7-8H2,1-3H3. The van der Waals surface area contributed by atoms with E-state index in [4.69, 9.17) is 0 Å². The van der Waals surface area contributed by atoms with E-state index in [1.165, 1.54) is 0 Å². The Morgan fingerprint density at radius 2 is 2.22 bits per heavy atom. The van der Waals surface area contributed by atoms with E-state index in [1.54, 1.807) is 13.0 Å². The van der Waals surface area contributed by atoms with Crippen molar-refractivity contribution in [1.29, 1.82) is 0 Å². The van der Waals surface area contributed by atoms with Gasteiger partial charge >= 0.3 is 0 Å². The first kappa shape index (κ1) is 15.0. The molecule has 0 saturated carbocycles. The Bertz CT molecular complexity index is 410. The molecule has 1 aromatic carbocycles. The van der Waals surface area contributed by atoms with E-state index in [0.717, 1.165) is 24.3 Å². The van der Waals surface area contributed by atoms with Crippen LogP contribution in [0.1, 0.15) is 30.5 Å². The van der Waals surface area contributed by atoms with Gasteiger partial charge in [-0.25, -0.2) is 0 Å². The number of nitrogens with one attached hydrogen (secondary N) is 1. The Morgan fingerprint density at radius 1 is 1.50 bits per heavy atom. The molecule has 100 valence electrons. The minimum Gasteiger partial charge on any atom is -0.310 e. The van der Waals surface area contributed by atoms with Gasteiger partial charge in [-0.05, 0) is 44.4 Å². The van der Waals surface area contributed by atoms with E-state index >= 15 is 0 Å². The van der Waals surface area contributed by atoms with E-state index in [1.807, 2.05) is 30.8 Å². The lowest BCUT2D eigenvalue weighted by Crippen LogP contribution is -2.20. The highest BCUT2D eigenvalue weighted by atomic mass is 32.2. The van der Waals surface area contributed by atoms with Gasteiger partial charge in [0, 0.05) is 17.7 Å². The smallest absolute Gasteiger partial charge is 0.272 e. The average molecular weight is 268 g/mol. The van der Waals surface area contributed by atoms with Gasteiger partial charge < -0.3 is 5.32 Å². The van der Waals surface area contributed by atoms with Crippen molar-refractivity contribution in [3.8, 4) is 0 Å². The van der Waals surface area contributed by atoms with Crippen LogP contribution in [-0.4, -0.2) is 23.5 Å². The third-order valence-corrected chi connectivity index (χ3v) is 3.60. The fraction of sp³-hybridized carbons (Fsp3) is 0.538. The Labute approximate surface area is 112 Å². The average Bonchev–Trinajstić information content (AvgIpc) is 2.34. The molecule has 1 unspecified atom stereocenters. The zero-order chi connectivity index (χ0) is 13.5. The molecule has 0 fully saturated rings. The minimum atomic E-state index is -0.320. The summed E-state index contributed by atoms with van der Waals surface area (Å²) in [5.41, 5.74) is 1.88. The molecule has 0 heterocycles. The lowest BCUT2D eigenvalue weighted by atomic mass is 10.0. The summed E-state index contributed by atoms with van der Waals surface area (Å²) >= 11 is 1.83. The number of aryl methyl sites for hydroxylation is 1. The fourth-order valence-corrected chi connectivity index (χ4v) is 2.18. The quantitative estimate of drug-likeness (QED) is 0.468. The van der Waals surface area contributed by atoms with Crippen LogP contribution in [-0.2, 0) is 0 Å². The van der Waals surface area contributed by atoms with Crippen LogP contribution in [0.4, 0.5) is 5.69 Å². The second-order valence-corrected chi connectivity index (χ2v) is 5.31. The summed E-state index contributed by atoms with van der Waals surface area (Å²) in [5, 5.41) is 14.3. The van der Waals surface area contributed by atoms with Gasteiger partial charge in [0.15, 0.2) is 0 Å². The van der Waals surface area contributed by atoms with Gasteiger partial charge in [-0.3, -0.25) is 10.1 Å². The molecule has 1 N–H and O–H groups in total. The molecule has 0 aliphatic rings. The summed E-state index contributed by atoms with van der Waals surface area (Å²) in [5.74, 6) is 1.13. The number of thioether (sulfide) groups is 1. The van der Waals surface area contributed by atoms with Crippen LogP contribution in [0.3, 0.4) is 0 Å². The van der Waals surface area contributed by atoms with Crippen LogP contribution in [0.25, 0.3) is 0 Å². The summed E-state index contributed by atoms with van der Waals surface area (Å²) in [7, 11) is 0. The van der Waals surface area contributed by atoms with Gasteiger partial charge in [0.25, 0.3) is 5.69 Å². The van der Waals surface area contributed by atoms with Crippen LogP contribution in [0.5, 0.6) is 0 Å². The van der Waals surface area contributed by atoms with E-state index in [2.05, 4.69) is 11.6 Å². The van der Waals surface area contributed by atoms with Gasteiger partial charge in [-0.1, -0.05) is 12.1 Å². The molecule has 4 nitrogen and oxygen atoms in total. The van der Waals surface area contributed by atoms with E-state index in [0.29, 0.717) is 5.56 Å². The maximum absolute atomic E-state index is 10.9. The van der Waals surface area contributed by atoms with Crippen molar-refractivity contribution in [2.24, 2.45) is 0 Å². The van der Waals surface area contributed by atoms with Crippen molar-refractivity contribution in [3.63, 3.8) is 0 Å². The molecule has 0 radical (unpaired) electrons. The van der Waals surface area contributed by atoms with Gasteiger partial charge in [-0.15, -0.1) is 0 Å². The number of rotatable bonds is 7. The van der Waals surface area contributed by atoms with Crippen LogP contribution in [0.15, 0.2) is 18.2 Å². The number of nitrogens with zero attached hydrogens (tertiary/aromatic N) is 1. The van der Waals surface area contributed by atoms with Gasteiger partial charge in [0.05, 0.1) is 4.92 Å². The number of hydrogen-bond acceptors (Lipinski definition) is 4. The molecule has 1 aromatic rings. The van der Waals surface area contributed by atoms with Crippen LogP contribution < -0.4 is 5.32 Å². The lowest BCUT2D eigenvalue weighted by molar-refractivity contribution is -0.385. The van der Waals surface area contributed by atoms with Crippen molar-refractivity contribution in [2.45, 2.75) is 26.3 Å². The first-order valence-electron chi connectivity index (χ1n) is 6.03. The summed E-state index contributed by atoms with van der Waals surface area (Å²) < 4.78 is 0. The molecule has 0 aliphatic heterocycles.